The Labute approximate surface area is 150 Å². The predicted molar refractivity (Wildman–Crippen MR) is 103 cm³/mol. The minimum absolute atomic E-state index is 0.417. The number of carbonyl (C=O) groups is 1. The molecule has 0 aromatic heterocycles. The number of hydrogen-bond acceptors (Lipinski definition) is 3. The Morgan fingerprint density at radius 1 is 0.750 bits per heavy atom. The van der Waals surface area contributed by atoms with Crippen LogP contribution in [-0.4, -0.2) is 43.5 Å². The number of unbranched alkanes of at least 4 members (excludes halogenated alkanes) is 12. The van der Waals surface area contributed by atoms with Gasteiger partial charge in [-0.25, -0.2) is 0 Å². The van der Waals surface area contributed by atoms with E-state index >= 15 is 0 Å². The minimum atomic E-state index is 0.417. The fourth-order valence-corrected chi connectivity index (χ4v) is 3.43. The summed E-state index contributed by atoms with van der Waals surface area (Å²) in [5.74, 6) is 0.417. The Balaban J connectivity index is 1.76. The lowest BCUT2D eigenvalue weighted by atomic mass is 10.0. The second-order valence-corrected chi connectivity index (χ2v) is 7.42. The summed E-state index contributed by atoms with van der Waals surface area (Å²) >= 11 is 0. The summed E-state index contributed by atoms with van der Waals surface area (Å²) in [6.45, 7) is 6.33. The Kier molecular flexibility index (Phi) is 14.5. The Morgan fingerprint density at radius 3 is 1.71 bits per heavy atom. The van der Waals surface area contributed by atoms with Crippen molar-refractivity contribution in [2.75, 3.05) is 32.8 Å². The van der Waals surface area contributed by atoms with E-state index in [0.29, 0.717) is 12.3 Å². The molecular weight excluding hydrogens is 298 g/mol. The standard InChI is InChI=1S/C21H41NO2/c1-2-3-4-5-6-7-8-9-10-11-12-13-14-15-21(23)20-22-16-18-24-19-17-22/h2-20H2,1H3. The van der Waals surface area contributed by atoms with Gasteiger partial charge in [-0.3, -0.25) is 9.69 Å². The van der Waals surface area contributed by atoms with Gasteiger partial charge in [0, 0.05) is 19.5 Å². The Morgan fingerprint density at radius 2 is 1.21 bits per heavy atom. The molecule has 24 heavy (non-hydrogen) atoms. The summed E-state index contributed by atoms with van der Waals surface area (Å²) < 4.78 is 5.31. The van der Waals surface area contributed by atoms with Gasteiger partial charge in [0.05, 0.1) is 19.8 Å². The van der Waals surface area contributed by atoms with Crippen molar-refractivity contribution in [3.8, 4) is 0 Å². The van der Waals surface area contributed by atoms with Crippen molar-refractivity contribution in [3.63, 3.8) is 0 Å². The molecule has 1 rings (SSSR count). The molecule has 0 aromatic carbocycles. The lowest BCUT2D eigenvalue weighted by Gasteiger charge is -2.25. The van der Waals surface area contributed by atoms with Crippen LogP contribution in [-0.2, 0) is 9.53 Å². The molecule has 0 aromatic rings. The predicted octanol–water partition coefficient (Wildman–Crippen LogP) is 5.37. The molecule has 142 valence electrons. The summed E-state index contributed by atoms with van der Waals surface area (Å²) in [5, 5.41) is 0. The van der Waals surface area contributed by atoms with Gasteiger partial charge < -0.3 is 4.74 Å². The van der Waals surface area contributed by atoms with Gasteiger partial charge in [-0.1, -0.05) is 84.0 Å². The lowest BCUT2D eigenvalue weighted by Crippen LogP contribution is -2.39. The molecule has 0 saturated carbocycles. The monoisotopic (exact) mass is 339 g/mol. The van der Waals surface area contributed by atoms with E-state index in [4.69, 9.17) is 4.74 Å². The Hall–Kier alpha value is -0.410. The quantitative estimate of drug-likeness (QED) is 0.354. The molecule has 0 amide bonds. The van der Waals surface area contributed by atoms with E-state index in [1.807, 2.05) is 0 Å². The third-order valence-electron chi connectivity index (χ3n) is 5.06. The van der Waals surface area contributed by atoms with Crippen molar-refractivity contribution in [2.45, 2.75) is 96.8 Å². The summed E-state index contributed by atoms with van der Waals surface area (Å²) in [4.78, 5) is 14.2. The number of ether oxygens (including phenoxy) is 1. The zero-order valence-electron chi connectivity index (χ0n) is 16.2. The van der Waals surface area contributed by atoms with E-state index in [9.17, 15) is 4.79 Å². The van der Waals surface area contributed by atoms with Gasteiger partial charge in [0.15, 0.2) is 0 Å². The average molecular weight is 340 g/mol. The summed E-state index contributed by atoms with van der Waals surface area (Å²) in [7, 11) is 0. The van der Waals surface area contributed by atoms with Crippen molar-refractivity contribution < 1.29 is 9.53 Å². The molecule has 0 atom stereocenters. The first kappa shape index (κ1) is 21.6. The Bertz CT molecular complexity index is 288. The molecule has 3 heteroatoms. The minimum Gasteiger partial charge on any atom is -0.379 e. The van der Waals surface area contributed by atoms with E-state index in [-0.39, 0.29) is 0 Å². The first-order valence-corrected chi connectivity index (χ1v) is 10.6. The largest absolute Gasteiger partial charge is 0.379 e. The van der Waals surface area contributed by atoms with E-state index in [2.05, 4.69) is 11.8 Å². The third-order valence-corrected chi connectivity index (χ3v) is 5.06. The van der Waals surface area contributed by atoms with E-state index < -0.39 is 0 Å². The maximum atomic E-state index is 11.9. The van der Waals surface area contributed by atoms with Crippen LogP contribution in [0.3, 0.4) is 0 Å². The van der Waals surface area contributed by atoms with Crippen molar-refractivity contribution in [1.82, 2.24) is 4.90 Å². The zero-order valence-corrected chi connectivity index (χ0v) is 16.2. The van der Waals surface area contributed by atoms with Crippen LogP contribution in [0.5, 0.6) is 0 Å². The van der Waals surface area contributed by atoms with Crippen LogP contribution in [0.1, 0.15) is 96.8 Å². The number of morpholine rings is 1. The van der Waals surface area contributed by atoms with Crippen LogP contribution in [0.2, 0.25) is 0 Å². The normalized spacial score (nSPS) is 15.7. The third kappa shape index (κ3) is 12.9. The van der Waals surface area contributed by atoms with Crippen LogP contribution in [0.4, 0.5) is 0 Å². The van der Waals surface area contributed by atoms with Gasteiger partial charge in [0.2, 0.25) is 0 Å². The highest BCUT2D eigenvalue weighted by Crippen LogP contribution is 2.13. The topological polar surface area (TPSA) is 29.5 Å². The number of rotatable bonds is 16. The summed E-state index contributed by atoms with van der Waals surface area (Å²) in [6, 6.07) is 0. The molecule has 1 saturated heterocycles. The fourth-order valence-electron chi connectivity index (χ4n) is 3.43. The van der Waals surface area contributed by atoms with E-state index in [1.165, 1.54) is 77.0 Å². The zero-order chi connectivity index (χ0) is 17.3. The maximum Gasteiger partial charge on any atom is 0.146 e. The van der Waals surface area contributed by atoms with Gasteiger partial charge in [0.25, 0.3) is 0 Å². The molecule has 0 N–H and O–H groups in total. The molecule has 1 aliphatic heterocycles. The summed E-state index contributed by atoms with van der Waals surface area (Å²) in [5.41, 5.74) is 0. The van der Waals surface area contributed by atoms with Crippen molar-refractivity contribution in [2.24, 2.45) is 0 Å². The number of carbonyl (C=O) groups excluding carboxylic acids is 1. The van der Waals surface area contributed by atoms with Crippen LogP contribution < -0.4 is 0 Å². The molecule has 3 nitrogen and oxygen atoms in total. The number of Topliss-reactive ketones (excluding diaryl/α,β-unsaturated/α-hetero) is 1. The molecule has 0 spiro atoms. The highest BCUT2D eigenvalue weighted by atomic mass is 16.5. The lowest BCUT2D eigenvalue weighted by molar-refractivity contribution is -0.121. The fraction of sp³-hybridized carbons (Fsp3) is 0.952. The van der Waals surface area contributed by atoms with Crippen LogP contribution in [0.15, 0.2) is 0 Å². The SMILES string of the molecule is CCCCCCCCCCCCCCCC(=O)CN1CCOCC1. The van der Waals surface area contributed by atoms with Crippen molar-refractivity contribution in [1.29, 1.82) is 0 Å². The molecule has 0 unspecified atom stereocenters. The molecular formula is C21H41NO2. The molecule has 1 heterocycles. The first-order chi connectivity index (χ1) is 11.8. The van der Waals surface area contributed by atoms with Crippen LogP contribution >= 0.6 is 0 Å². The highest BCUT2D eigenvalue weighted by Gasteiger charge is 2.13. The van der Waals surface area contributed by atoms with E-state index in [0.717, 1.165) is 39.1 Å². The van der Waals surface area contributed by atoms with Crippen LogP contribution in [0, 0.1) is 0 Å². The van der Waals surface area contributed by atoms with Crippen molar-refractivity contribution in [3.05, 3.63) is 0 Å². The number of ketones is 1. The molecule has 1 fully saturated rings. The highest BCUT2D eigenvalue weighted by molar-refractivity contribution is 5.80. The molecule has 0 radical (unpaired) electrons. The van der Waals surface area contributed by atoms with Crippen molar-refractivity contribution >= 4 is 5.78 Å². The average Bonchev–Trinajstić information content (AvgIpc) is 2.60. The molecule has 1 aliphatic rings. The first-order valence-electron chi connectivity index (χ1n) is 10.6. The van der Waals surface area contributed by atoms with Gasteiger partial charge in [-0.05, 0) is 6.42 Å². The van der Waals surface area contributed by atoms with E-state index in [1.54, 1.807) is 0 Å². The van der Waals surface area contributed by atoms with Gasteiger partial charge in [-0.15, -0.1) is 0 Å². The number of hydrogen-bond donors (Lipinski definition) is 0. The molecule has 0 bridgehead atoms. The summed E-state index contributed by atoms with van der Waals surface area (Å²) in [6.07, 6.45) is 18.5. The second-order valence-electron chi connectivity index (χ2n) is 7.42. The van der Waals surface area contributed by atoms with Gasteiger partial charge in [0.1, 0.15) is 5.78 Å². The number of nitrogens with zero attached hydrogens (tertiary/aromatic N) is 1. The molecule has 0 aliphatic carbocycles. The smallest absolute Gasteiger partial charge is 0.146 e. The maximum absolute atomic E-state index is 11.9. The van der Waals surface area contributed by atoms with Crippen LogP contribution in [0.25, 0.3) is 0 Å². The van der Waals surface area contributed by atoms with Gasteiger partial charge >= 0.3 is 0 Å². The van der Waals surface area contributed by atoms with Gasteiger partial charge in [-0.2, -0.15) is 0 Å². The second kappa shape index (κ2) is 16.1.